The topological polar surface area (TPSA) is 57.4 Å². The second-order valence-corrected chi connectivity index (χ2v) is 10.3. The van der Waals surface area contributed by atoms with E-state index in [-0.39, 0.29) is 18.2 Å². The van der Waals surface area contributed by atoms with Crippen LogP contribution in [0.5, 0.6) is 11.5 Å². The van der Waals surface area contributed by atoms with Gasteiger partial charge in [-0.3, -0.25) is 4.79 Å². The van der Waals surface area contributed by atoms with Gasteiger partial charge in [-0.2, -0.15) is 0 Å². The van der Waals surface area contributed by atoms with Crippen LogP contribution in [0.4, 0.5) is 0 Å². The number of ether oxygens (including phenoxy) is 2. The molecule has 1 fully saturated rings. The number of rotatable bonds is 9. The lowest BCUT2D eigenvalue weighted by Gasteiger charge is -2.13. The summed E-state index contributed by atoms with van der Waals surface area (Å²) in [5, 5.41) is 6.39. The quantitative estimate of drug-likeness (QED) is 0.238. The van der Waals surface area contributed by atoms with E-state index in [0.29, 0.717) is 24.8 Å². The van der Waals surface area contributed by atoms with E-state index < -0.39 is 0 Å². The molecule has 6 rings (SSSR count). The van der Waals surface area contributed by atoms with Crippen LogP contribution >= 0.6 is 23.7 Å². The molecule has 3 aromatic heterocycles. The van der Waals surface area contributed by atoms with E-state index in [2.05, 4.69) is 27.4 Å². The van der Waals surface area contributed by atoms with Gasteiger partial charge in [-0.15, -0.1) is 23.7 Å². The molecule has 2 aromatic carbocycles. The van der Waals surface area contributed by atoms with E-state index in [1.165, 1.54) is 0 Å². The Morgan fingerprint density at radius 2 is 1.89 bits per heavy atom. The largest absolute Gasteiger partial charge is 0.493 e. The molecule has 1 aliphatic heterocycles. The van der Waals surface area contributed by atoms with Gasteiger partial charge in [-0.1, -0.05) is 24.3 Å². The molecule has 0 saturated carbocycles. The highest BCUT2D eigenvalue weighted by Crippen LogP contribution is 2.29. The number of halogens is 1. The van der Waals surface area contributed by atoms with Gasteiger partial charge in [0.25, 0.3) is 0 Å². The molecule has 1 N–H and O–H groups in total. The fraction of sp³-hybridized carbons (Fsp3) is 0.276. The highest BCUT2D eigenvalue weighted by atomic mass is 35.5. The molecule has 0 spiro atoms. The Kier molecular flexibility index (Phi) is 7.55. The molecule has 0 aliphatic carbocycles. The normalized spacial score (nSPS) is 15.2. The third-order valence-corrected chi connectivity index (χ3v) is 7.84. The number of nitrogens with one attached hydrogen (secondary N) is 1. The van der Waals surface area contributed by atoms with E-state index in [4.69, 9.17) is 9.47 Å². The maximum absolute atomic E-state index is 13.6. The predicted molar refractivity (Wildman–Crippen MR) is 152 cm³/mol. The van der Waals surface area contributed by atoms with Gasteiger partial charge in [0.15, 0.2) is 0 Å². The third kappa shape index (κ3) is 5.12. The Hall–Kier alpha value is -3.26. The van der Waals surface area contributed by atoms with Crippen molar-refractivity contribution < 1.29 is 14.3 Å². The van der Waals surface area contributed by atoms with Crippen LogP contribution in [0.15, 0.2) is 72.2 Å². The summed E-state index contributed by atoms with van der Waals surface area (Å²) in [6.07, 6.45) is 3.13. The zero-order chi connectivity index (χ0) is 24.5. The molecular formula is C29H30ClN3O3S. The first-order chi connectivity index (χ1) is 17.7. The summed E-state index contributed by atoms with van der Waals surface area (Å²) in [4.78, 5) is 13.6. The fourth-order valence-electron chi connectivity index (χ4n) is 5.01. The third-order valence-electron chi connectivity index (χ3n) is 6.98. The number of ketones is 1. The SMILES string of the molecule is Cl.Cn1c(C(=O)c2cn(CCOc3cccc(OC[C@@H]4CCNC4)c3)c3ccccc23)cc2sccc21. The monoisotopic (exact) mass is 535 g/mol. The van der Waals surface area contributed by atoms with Gasteiger partial charge >= 0.3 is 0 Å². The molecule has 4 heterocycles. The van der Waals surface area contributed by atoms with Gasteiger partial charge < -0.3 is 23.9 Å². The minimum absolute atomic E-state index is 0. The summed E-state index contributed by atoms with van der Waals surface area (Å²) in [7, 11) is 1.96. The van der Waals surface area contributed by atoms with Gasteiger partial charge in [-0.05, 0) is 48.7 Å². The van der Waals surface area contributed by atoms with Gasteiger partial charge in [-0.25, -0.2) is 0 Å². The van der Waals surface area contributed by atoms with Crippen LogP contribution in [0.2, 0.25) is 0 Å². The first-order valence-corrected chi connectivity index (χ1v) is 13.3. The van der Waals surface area contributed by atoms with E-state index >= 15 is 0 Å². The minimum Gasteiger partial charge on any atom is -0.493 e. The average Bonchev–Trinajstić information content (AvgIpc) is 3.69. The number of thiophene rings is 1. The first kappa shape index (κ1) is 25.4. The minimum atomic E-state index is 0. The summed E-state index contributed by atoms with van der Waals surface area (Å²) in [6.45, 7) is 3.94. The van der Waals surface area contributed by atoms with Gasteiger partial charge in [0.2, 0.25) is 5.78 Å². The summed E-state index contributed by atoms with van der Waals surface area (Å²) in [5.74, 6) is 2.23. The number of hydrogen-bond acceptors (Lipinski definition) is 5. The van der Waals surface area contributed by atoms with Crippen molar-refractivity contribution in [3.05, 3.63) is 83.5 Å². The van der Waals surface area contributed by atoms with Crippen LogP contribution in [0.3, 0.4) is 0 Å². The lowest BCUT2D eigenvalue weighted by Crippen LogP contribution is -2.15. The number of carbonyl (C=O) groups excluding carboxylic acids is 1. The van der Waals surface area contributed by atoms with Crippen molar-refractivity contribution in [1.82, 2.24) is 14.5 Å². The van der Waals surface area contributed by atoms with Crippen molar-refractivity contribution >= 4 is 50.6 Å². The molecule has 0 bridgehead atoms. The van der Waals surface area contributed by atoms with Crippen molar-refractivity contribution in [2.24, 2.45) is 13.0 Å². The molecule has 1 saturated heterocycles. The number of nitrogens with zero attached hydrogens (tertiary/aromatic N) is 2. The van der Waals surface area contributed by atoms with Crippen LogP contribution in [0.1, 0.15) is 22.5 Å². The zero-order valence-corrected chi connectivity index (χ0v) is 22.3. The molecule has 0 unspecified atom stereocenters. The molecule has 0 amide bonds. The molecule has 8 heteroatoms. The van der Waals surface area contributed by atoms with Gasteiger partial charge in [0, 0.05) is 48.2 Å². The van der Waals surface area contributed by atoms with Crippen LogP contribution < -0.4 is 14.8 Å². The number of hydrogen-bond donors (Lipinski definition) is 1. The molecular weight excluding hydrogens is 506 g/mol. The highest BCUT2D eigenvalue weighted by molar-refractivity contribution is 7.17. The van der Waals surface area contributed by atoms with Crippen LogP contribution in [-0.4, -0.2) is 41.2 Å². The summed E-state index contributed by atoms with van der Waals surface area (Å²) in [5.41, 5.74) is 3.55. The van der Waals surface area contributed by atoms with Crippen molar-refractivity contribution in [3.8, 4) is 11.5 Å². The first-order valence-electron chi connectivity index (χ1n) is 12.4. The predicted octanol–water partition coefficient (Wildman–Crippen LogP) is 5.91. The molecule has 192 valence electrons. The fourth-order valence-corrected chi connectivity index (χ4v) is 5.85. The van der Waals surface area contributed by atoms with Crippen LogP contribution in [0.25, 0.3) is 21.1 Å². The maximum Gasteiger partial charge on any atom is 0.211 e. The zero-order valence-electron chi connectivity index (χ0n) is 20.7. The summed E-state index contributed by atoms with van der Waals surface area (Å²) >= 11 is 1.66. The molecule has 5 aromatic rings. The van der Waals surface area contributed by atoms with E-state index in [1.54, 1.807) is 11.3 Å². The Labute approximate surface area is 226 Å². The van der Waals surface area contributed by atoms with Crippen LogP contribution in [0, 0.1) is 5.92 Å². The van der Waals surface area contributed by atoms with Gasteiger partial charge in [0.1, 0.15) is 18.1 Å². The molecule has 1 atom stereocenters. The summed E-state index contributed by atoms with van der Waals surface area (Å²) < 4.78 is 17.3. The van der Waals surface area contributed by atoms with Crippen molar-refractivity contribution in [3.63, 3.8) is 0 Å². The molecule has 1 aliphatic rings. The van der Waals surface area contributed by atoms with Crippen molar-refractivity contribution in [2.45, 2.75) is 13.0 Å². The summed E-state index contributed by atoms with van der Waals surface area (Å²) in [6, 6.07) is 20.0. The lowest BCUT2D eigenvalue weighted by molar-refractivity contribution is 0.103. The maximum atomic E-state index is 13.6. The lowest BCUT2D eigenvalue weighted by atomic mass is 10.1. The van der Waals surface area contributed by atoms with Crippen molar-refractivity contribution in [2.75, 3.05) is 26.3 Å². The molecule has 6 nitrogen and oxygen atoms in total. The van der Waals surface area contributed by atoms with E-state index in [0.717, 1.165) is 64.3 Å². The Bertz CT molecular complexity index is 1530. The Balaban J connectivity index is 0.00000280. The number of benzene rings is 2. The second kappa shape index (κ2) is 11.0. The number of aryl methyl sites for hydroxylation is 1. The Morgan fingerprint density at radius 1 is 1.05 bits per heavy atom. The second-order valence-electron chi connectivity index (χ2n) is 9.33. The van der Waals surface area contributed by atoms with E-state index in [9.17, 15) is 4.79 Å². The number of para-hydroxylation sites is 1. The van der Waals surface area contributed by atoms with Crippen molar-refractivity contribution in [1.29, 1.82) is 0 Å². The smallest absolute Gasteiger partial charge is 0.211 e. The standard InChI is InChI=1S/C29H29N3O3S.ClH/c1-31-26-10-14-36-28(26)16-27(31)29(33)24-18-32(25-8-3-2-7-23(24)25)12-13-34-21-5-4-6-22(15-21)35-19-20-9-11-30-17-20;/h2-8,10,14-16,18,20,30H,9,11-13,17,19H2,1H3;1H/t20-;/m1./s1. The van der Waals surface area contributed by atoms with Crippen LogP contribution in [-0.2, 0) is 13.6 Å². The van der Waals surface area contributed by atoms with E-state index in [1.807, 2.05) is 66.3 Å². The number of aromatic nitrogens is 2. The molecule has 0 radical (unpaired) electrons. The average molecular weight is 536 g/mol. The Morgan fingerprint density at radius 3 is 2.70 bits per heavy atom. The number of carbonyl (C=O) groups is 1. The highest BCUT2D eigenvalue weighted by Gasteiger charge is 2.21. The molecule has 37 heavy (non-hydrogen) atoms. The number of fused-ring (bicyclic) bond motifs is 2. The van der Waals surface area contributed by atoms with Gasteiger partial charge in [0.05, 0.1) is 29.1 Å².